The maximum atomic E-state index is 12.0. The Balaban J connectivity index is 1.37. The fourth-order valence-corrected chi connectivity index (χ4v) is 5.38. The van der Waals surface area contributed by atoms with Crippen LogP contribution in [0.1, 0.15) is 53.2 Å². The van der Waals surface area contributed by atoms with Crippen molar-refractivity contribution in [1.29, 1.82) is 0 Å². The van der Waals surface area contributed by atoms with Gasteiger partial charge in [0.25, 0.3) is 0 Å². The highest BCUT2D eigenvalue weighted by molar-refractivity contribution is 7.76. The van der Waals surface area contributed by atoms with Crippen LogP contribution in [0, 0.1) is 11.8 Å². The molecule has 2 unspecified atom stereocenters. The number of carboxylic acids is 1. The molecule has 0 aromatic heterocycles. The lowest BCUT2D eigenvalue weighted by molar-refractivity contribution is -0.139. The Hall–Kier alpha value is -3.03. The number of Topliss-reactive ketones (excluding diaryl/α,β-unsaturated/α-hetero) is 1. The predicted octanol–water partition coefficient (Wildman–Crippen LogP) is 2.94. The molecule has 0 amide bonds. The minimum atomic E-state index is -2.28. The summed E-state index contributed by atoms with van der Waals surface area (Å²) in [6.07, 6.45) is 2.24. The van der Waals surface area contributed by atoms with Crippen molar-refractivity contribution in [1.82, 2.24) is 9.42 Å². The van der Waals surface area contributed by atoms with Crippen molar-refractivity contribution in [3.63, 3.8) is 0 Å². The molecule has 2 aromatic carbocycles. The molecule has 0 spiro atoms. The first-order valence-electron chi connectivity index (χ1n) is 11.7. The third-order valence-corrected chi connectivity index (χ3v) is 7.29. The fourth-order valence-electron chi connectivity index (χ4n) is 4.64. The number of aryl methyl sites for hydroxylation is 1. The van der Waals surface area contributed by atoms with E-state index in [2.05, 4.69) is 16.7 Å². The van der Waals surface area contributed by atoms with Gasteiger partial charge in [0.2, 0.25) is 11.3 Å². The van der Waals surface area contributed by atoms with Crippen molar-refractivity contribution in [2.45, 2.75) is 38.6 Å². The van der Waals surface area contributed by atoms with Crippen LogP contribution in [0.2, 0.25) is 0 Å². The Morgan fingerprint density at radius 1 is 1.06 bits per heavy atom. The molecule has 8 nitrogen and oxygen atoms in total. The first-order chi connectivity index (χ1) is 16.8. The molecule has 0 saturated carbocycles. The third-order valence-electron chi connectivity index (χ3n) is 6.38. The standard InChI is InChI=1S/C26H29N3O5S/c1-19(17-26(31)32)29(35(33)34)28-15-13-27(14-16-28)23-10-7-20(8-11-23)5-6-21-9-12-24-22(18-21)3-2-4-25(24)30/h7-12,18-19H,2-4,13-17H2,1H3,(H,31,32)(H,33,34). The number of nitrogens with zero attached hydrogens (tertiary/aromatic N) is 3. The summed E-state index contributed by atoms with van der Waals surface area (Å²) in [5.74, 6) is 5.60. The van der Waals surface area contributed by atoms with E-state index >= 15 is 0 Å². The first-order valence-corrected chi connectivity index (χ1v) is 12.8. The van der Waals surface area contributed by atoms with Gasteiger partial charge in [-0.05, 0) is 67.8 Å². The van der Waals surface area contributed by atoms with Crippen LogP contribution in [0.5, 0.6) is 0 Å². The number of hydrogen-bond acceptors (Lipinski definition) is 5. The number of carbonyl (C=O) groups is 2. The maximum absolute atomic E-state index is 12.0. The number of aliphatic carboxylic acids is 1. The smallest absolute Gasteiger partial charge is 0.305 e. The molecule has 9 heteroatoms. The number of hydrogen-bond donors (Lipinski definition) is 2. The molecule has 2 N–H and O–H groups in total. The number of hydrazine groups is 1. The van der Waals surface area contributed by atoms with E-state index in [-0.39, 0.29) is 12.2 Å². The zero-order valence-corrected chi connectivity index (χ0v) is 20.5. The highest BCUT2D eigenvalue weighted by Gasteiger charge is 2.30. The van der Waals surface area contributed by atoms with E-state index in [1.54, 1.807) is 11.9 Å². The van der Waals surface area contributed by atoms with Crippen LogP contribution >= 0.6 is 0 Å². The molecule has 2 aromatic rings. The maximum Gasteiger partial charge on any atom is 0.305 e. The number of fused-ring (bicyclic) bond motifs is 1. The summed E-state index contributed by atoms with van der Waals surface area (Å²) in [5.41, 5.74) is 4.75. The molecular formula is C26H29N3O5S. The van der Waals surface area contributed by atoms with Crippen molar-refractivity contribution in [3.8, 4) is 11.8 Å². The number of benzene rings is 2. The molecule has 4 rings (SSSR count). The van der Waals surface area contributed by atoms with E-state index in [4.69, 9.17) is 5.11 Å². The average Bonchev–Trinajstić information content (AvgIpc) is 2.83. The second kappa shape index (κ2) is 11.1. The van der Waals surface area contributed by atoms with Crippen LogP contribution in [0.25, 0.3) is 0 Å². The number of rotatable bonds is 6. The van der Waals surface area contributed by atoms with Crippen molar-refractivity contribution in [2.24, 2.45) is 0 Å². The van der Waals surface area contributed by atoms with Crippen molar-refractivity contribution in [2.75, 3.05) is 31.1 Å². The molecule has 2 aliphatic rings. The summed E-state index contributed by atoms with van der Waals surface area (Å²) in [6.45, 7) is 3.95. The van der Waals surface area contributed by atoms with Gasteiger partial charge in [-0.25, -0.2) is 9.22 Å². The van der Waals surface area contributed by atoms with Gasteiger partial charge in [-0.1, -0.05) is 11.8 Å². The second-order valence-electron chi connectivity index (χ2n) is 8.87. The Morgan fingerprint density at radius 3 is 2.37 bits per heavy atom. The van der Waals surface area contributed by atoms with Gasteiger partial charge in [-0.15, -0.1) is 4.41 Å². The van der Waals surface area contributed by atoms with E-state index in [9.17, 15) is 18.4 Å². The lowest BCUT2D eigenvalue weighted by Crippen LogP contribution is -2.57. The largest absolute Gasteiger partial charge is 0.481 e. The van der Waals surface area contributed by atoms with Crippen LogP contribution in [0.3, 0.4) is 0 Å². The molecule has 2 atom stereocenters. The SMILES string of the molecule is CC(CC(=O)O)N(N1CCN(c2ccc(C#Cc3ccc4c(c3)CCCC4=O)cc2)CC1)S(=O)O. The minimum absolute atomic E-state index is 0.210. The van der Waals surface area contributed by atoms with Gasteiger partial charge in [0, 0.05) is 61.0 Å². The molecule has 1 aliphatic heterocycles. The summed E-state index contributed by atoms with van der Waals surface area (Å²) < 4.78 is 22.8. The third kappa shape index (κ3) is 6.16. The van der Waals surface area contributed by atoms with Crippen LogP contribution in [-0.4, -0.2) is 67.3 Å². The van der Waals surface area contributed by atoms with Crippen LogP contribution in [-0.2, 0) is 22.5 Å². The molecule has 1 heterocycles. The lowest BCUT2D eigenvalue weighted by atomic mass is 9.89. The summed E-state index contributed by atoms with van der Waals surface area (Å²) in [7, 11) is 0. The van der Waals surface area contributed by atoms with Crippen LogP contribution in [0.4, 0.5) is 5.69 Å². The van der Waals surface area contributed by atoms with E-state index < -0.39 is 23.3 Å². The minimum Gasteiger partial charge on any atom is -0.481 e. The topological polar surface area (TPSA) is 101 Å². The summed E-state index contributed by atoms with van der Waals surface area (Å²) in [4.78, 5) is 25.2. The quantitative estimate of drug-likeness (QED) is 0.469. The number of carbonyl (C=O) groups excluding carboxylic acids is 1. The summed E-state index contributed by atoms with van der Waals surface area (Å²) >= 11 is -2.28. The van der Waals surface area contributed by atoms with Crippen molar-refractivity contribution in [3.05, 3.63) is 64.7 Å². The van der Waals surface area contributed by atoms with Crippen molar-refractivity contribution >= 4 is 28.7 Å². The van der Waals surface area contributed by atoms with Gasteiger partial charge in [-0.2, -0.15) is 0 Å². The van der Waals surface area contributed by atoms with Gasteiger partial charge >= 0.3 is 5.97 Å². The van der Waals surface area contributed by atoms with Gasteiger partial charge < -0.3 is 10.0 Å². The Morgan fingerprint density at radius 2 is 1.71 bits per heavy atom. The van der Waals surface area contributed by atoms with E-state index in [0.29, 0.717) is 32.6 Å². The Kier molecular flexibility index (Phi) is 7.98. The molecule has 1 saturated heterocycles. The van der Waals surface area contributed by atoms with Crippen LogP contribution < -0.4 is 4.90 Å². The molecule has 1 fully saturated rings. The van der Waals surface area contributed by atoms with Crippen molar-refractivity contribution < 1.29 is 23.5 Å². The number of carboxylic acid groups (broad SMARTS) is 1. The number of piperazine rings is 1. The Labute approximate surface area is 207 Å². The van der Waals surface area contributed by atoms with Crippen LogP contribution in [0.15, 0.2) is 42.5 Å². The number of anilines is 1. The van der Waals surface area contributed by atoms with Gasteiger partial charge in [0.15, 0.2) is 5.78 Å². The monoisotopic (exact) mass is 495 g/mol. The number of ketones is 1. The normalized spacial score (nSPS) is 17.9. The highest BCUT2D eigenvalue weighted by atomic mass is 32.2. The summed E-state index contributed by atoms with van der Waals surface area (Å²) in [5, 5.41) is 10.8. The van der Waals surface area contributed by atoms with E-state index in [1.807, 2.05) is 42.5 Å². The molecule has 1 aliphatic carbocycles. The molecule has 0 bridgehead atoms. The zero-order valence-electron chi connectivity index (χ0n) is 19.6. The van der Waals surface area contributed by atoms with Gasteiger partial charge in [0.05, 0.1) is 6.42 Å². The summed E-state index contributed by atoms with van der Waals surface area (Å²) in [6, 6.07) is 13.2. The molecular weight excluding hydrogens is 466 g/mol. The molecule has 35 heavy (non-hydrogen) atoms. The second-order valence-corrected chi connectivity index (χ2v) is 9.70. The molecule has 184 valence electrons. The first kappa shape index (κ1) is 25.1. The van der Waals surface area contributed by atoms with E-state index in [1.165, 1.54) is 4.41 Å². The highest BCUT2D eigenvalue weighted by Crippen LogP contribution is 2.23. The fraction of sp³-hybridized carbons (Fsp3) is 0.385. The van der Waals surface area contributed by atoms with Gasteiger partial charge in [0.1, 0.15) is 0 Å². The average molecular weight is 496 g/mol. The van der Waals surface area contributed by atoms with E-state index in [0.717, 1.165) is 40.8 Å². The molecule has 0 radical (unpaired) electrons. The Bertz CT molecular complexity index is 1180. The van der Waals surface area contributed by atoms with Gasteiger partial charge in [-0.3, -0.25) is 14.1 Å². The predicted molar refractivity (Wildman–Crippen MR) is 134 cm³/mol. The lowest BCUT2D eigenvalue weighted by Gasteiger charge is -2.41. The zero-order chi connectivity index (χ0) is 24.9.